The average Bonchev–Trinajstić information content (AvgIpc) is 3.15. The summed E-state index contributed by atoms with van der Waals surface area (Å²) in [6.07, 6.45) is 49.2. The van der Waals surface area contributed by atoms with Gasteiger partial charge in [0.2, 0.25) is 0 Å². The monoisotopic (exact) mass is 741 g/mol. The number of hydrogen-bond acceptors (Lipinski definition) is 6. The Kier molecular flexibility index (Phi) is 39.6. The van der Waals surface area contributed by atoms with Gasteiger partial charge in [0.15, 0.2) is 6.10 Å². The fourth-order valence-electron chi connectivity index (χ4n) is 5.69. The van der Waals surface area contributed by atoms with Crippen molar-refractivity contribution in [2.75, 3.05) is 13.2 Å². The Morgan fingerprint density at radius 2 is 0.755 bits per heavy atom. The van der Waals surface area contributed by atoms with Crippen LogP contribution in [0.1, 0.15) is 201 Å². The van der Waals surface area contributed by atoms with E-state index in [2.05, 4.69) is 81.5 Å². The maximum absolute atomic E-state index is 12.7. The molecule has 53 heavy (non-hydrogen) atoms. The lowest BCUT2D eigenvalue weighted by Gasteiger charge is -2.18. The Bertz CT molecular complexity index is 991. The first-order chi connectivity index (χ1) is 26.0. The first-order valence-electron chi connectivity index (χ1n) is 21.8. The summed E-state index contributed by atoms with van der Waals surface area (Å²) >= 11 is 0. The lowest BCUT2D eigenvalue weighted by Crippen LogP contribution is -2.30. The molecule has 0 aromatic rings. The Hall–Kier alpha value is -2.89. The second kappa shape index (κ2) is 41.9. The van der Waals surface area contributed by atoms with Crippen LogP contribution in [0.4, 0.5) is 0 Å². The summed E-state index contributed by atoms with van der Waals surface area (Å²) in [7, 11) is 0. The molecule has 0 aromatic carbocycles. The zero-order chi connectivity index (χ0) is 38.7. The summed E-state index contributed by atoms with van der Waals surface area (Å²) in [5.41, 5.74) is 0. The van der Waals surface area contributed by atoms with Gasteiger partial charge in [-0.1, -0.05) is 146 Å². The van der Waals surface area contributed by atoms with E-state index in [0.717, 1.165) is 96.3 Å². The third-order valence-corrected chi connectivity index (χ3v) is 8.98. The van der Waals surface area contributed by atoms with E-state index in [9.17, 15) is 14.4 Å². The zero-order valence-corrected chi connectivity index (χ0v) is 34.5. The fourth-order valence-corrected chi connectivity index (χ4v) is 5.69. The Labute approximate surface area is 326 Å². The molecule has 0 saturated carbocycles. The normalized spacial score (nSPS) is 12.6. The van der Waals surface area contributed by atoms with Gasteiger partial charge in [-0.15, -0.1) is 0 Å². The molecule has 0 heterocycles. The highest BCUT2D eigenvalue weighted by Gasteiger charge is 2.19. The van der Waals surface area contributed by atoms with Crippen LogP contribution in [0.5, 0.6) is 0 Å². The van der Waals surface area contributed by atoms with E-state index in [-0.39, 0.29) is 31.1 Å². The van der Waals surface area contributed by atoms with Crippen LogP contribution < -0.4 is 0 Å². The van der Waals surface area contributed by atoms with Gasteiger partial charge in [0.25, 0.3) is 0 Å². The molecule has 0 N–H and O–H groups in total. The van der Waals surface area contributed by atoms with E-state index in [1.54, 1.807) is 0 Å². The quantitative estimate of drug-likeness (QED) is 0.0271. The molecule has 0 spiro atoms. The van der Waals surface area contributed by atoms with E-state index in [4.69, 9.17) is 14.2 Å². The predicted octanol–water partition coefficient (Wildman–Crippen LogP) is 13.7. The lowest BCUT2D eigenvalue weighted by molar-refractivity contribution is -0.167. The van der Waals surface area contributed by atoms with Crippen LogP contribution in [0.2, 0.25) is 0 Å². The molecule has 0 aliphatic rings. The van der Waals surface area contributed by atoms with Crippen LogP contribution in [-0.2, 0) is 28.6 Å². The summed E-state index contributed by atoms with van der Waals surface area (Å²) < 4.78 is 16.6. The SMILES string of the molecule is CC/C=C\C/C=C\C/C=C\CCCCCCC(=O)OCC(COC(=O)CCC/C=C\CCCCCC)OC(=O)CCCCCCC/C=C\CCCCC. The standard InChI is InChI=1S/C47H80O6/c1-4-7-10-13-16-19-21-23-24-26-28-31-34-37-40-46(49)52-43-44(42-51-45(48)39-36-33-30-27-18-15-12-9-6-3)53-47(50)41-38-35-32-29-25-22-20-17-14-11-8-5-2/h7,10,16-17,19-20,23-24,27,30,44H,4-6,8-9,11-15,18,21-22,25-26,28-29,31-43H2,1-3H3/b10-7-,19-16-,20-17-,24-23-,30-27-. The highest BCUT2D eigenvalue weighted by molar-refractivity contribution is 5.71. The van der Waals surface area contributed by atoms with Gasteiger partial charge in [-0.05, 0) is 96.3 Å². The highest BCUT2D eigenvalue weighted by atomic mass is 16.6. The third-order valence-electron chi connectivity index (χ3n) is 8.98. The summed E-state index contributed by atoms with van der Waals surface area (Å²) in [5.74, 6) is -0.971. The van der Waals surface area contributed by atoms with Crippen molar-refractivity contribution in [3.8, 4) is 0 Å². The molecule has 6 heteroatoms. The topological polar surface area (TPSA) is 78.9 Å². The number of hydrogen-bond donors (Lipinski definition) is 0. The minimum Gasteiger partial charge on any atom is -0.462 e. The van der Waals surface area contributed by atoms with Crippen LogP contribution in [-0.4, -0.2) is 37.2 Å². The van der Waals surface area contributed by atoms with Gasteiger partial charge >= 0.3 is 17.9 Å². The molecule has 0 aliphatic carbocycles. The summed E-state index contributed by atoms with van der Waals surface area (Å²) in [5, 5.41) is 0. The number of carbonyl (C=O) groups excluding carboxylic acids is 3. The number of carbonyl (C=O) groups is 3. The number of unbranched alkanes of at least 4 members (excludes halogenated alkanes) is 17. The second-order valence-electron chi connectivity index (χ2n) is 14.2. The minimum absolute atomic E-state index is 0.0985. The van der Waals surface area contributed by atoms with E-state index >= 15 is 0 Å². The lowest BCUT2D eigenvalue weighted by atomic mass is 10.1. The van der Waals surface area contributed by atoms with Gasteiger partial charge in [-0.3, -0.25) is 14.4 Å². The predicted molar refractivity (Wildman–Crippen MR) is 224 cm³/mol. The van der Waals surface area contributed by atoms with E-state index in [0.29, 0.717) is 25.7 Å². The van der Waals surface area contributed by atoms with Crippen LogP contribution in [0.25, 0.3) is 0 Å². The molecule has 1 unspecified atom stereocenters. The van der Waals surface area contributed by atoms with Gasteiger partial charge in [-0.2, -0.15) is 0 Å². The van der Waals surface area contributed by atoms with E-state index in [1.807, 2.05) is 0 Å². The van der Waals surface area contributed by atoms with Crippen molar-refractivity contribution in [2.45, 2.75) is 207 Å². The van der Waals surface area contributed by atoms with Crippen molar-refractivity contribution in [3.05, 3.63) is 60.8 Å². The Morgan fingerprint density at radius 3 is 1.28 bits per heavy atom. The molecule has 0 radical (unpaired) electrons. The molecule has 0 amide bonds. The van der Waals surface area contributed by atoms with Gasteiger partial charge in [0.05, 0.1) is 0 Å². The van der Waals surface area contributed by atoms with Gasteiger partial charge < -0.3 is 14.2 Å². The number of esters is 3. The number of rotatable bonds is 38. The van der Waals surface area contributed by atoms with Crippen LogP contribution in [0.3, 0.4) is 0 Å². The van der Waals surface area contributed by atoms with Crippen LogP contribution in [0.15, 0.2) is 60.8 Å². The van der Waals surface area contributed by atoms with Crippen molar-refractivity contribution >= 4 is 17.9 Å². The molecule has 0 saturated heterocycles. The second-order valence-corrected chi connectivity index (χ2v) is 14.2. The Morgan fingerprint density at radius 1 is 0.396 bits per heavy atom. The summed E-state index contributed by atoms with van der Waals surface area (Å²) in [6, 6.07) is 0. The molecule has 0 fully saturated rings. The van der Waals surface area contributed by atoms with Crippen molar-refractivity contribution in [1.29, 1.82) is 0 Å². The van der Waals surface area contributed by atoms with E-state index < -0.39 is 6.10 Å². The highest BCUT2D eigenvalue weighted by Crippen LogP contribution is 2.12. The maximum atomic E-state index is 12.7. The molecule has 1 atom stereocenters. The van der Waals surface area contributed by atoms with Crippen LogP contribution >= 0.6 is 0 Å². The summed E-state index contributed by atoms with van der Waals surface area (Å²) in [6.45, 7) is 6.39. The number of ether oxygens (including phenoxy) is 3. The molecule has 304 valence electrons. The molecule has 6 nitrogen and oxygen atoms in total. The first kappa shape index (κ1) is 50.1. The molecule has 0 aromatic heterocycles. The first-order valence-corrected chi connectivity index (χ1v) is 21.8. The van der Waals surface area contributed by atoms with Gasteiger partial charge in [0.1, 0.15) is 13.2 Å². The van der Waals surface area contributed by atoms with Crippen LogP contribution in [0, 0.1) is 0 Å². The molecular weight excluding hydrogens is 661 g/mol. The third kappa shape index (κ3) is 40.1. The van der Waals surface area contributed by atoms with Gasteiger partial charge in [-0.25, -0.2) is 0 Å². The largest absolute Gasteiger partial charge is 0.462 e. The Balaban J connectivity index is 4.45. The zero-order valence-electron chi connectivity index (χ0n) is 34.5. The van der Waals surface area contributed by atoms with Crippen molar-refractivity contribution in [3.63, 3.8) is 0 Å². The molecule has 0 bridgehead atoms. The smallest absolute Gasteiger partial charge is 0.306 e. The minimum atomic E-state index is -0.794. The van der Waals surface area contributed by atoms with Crippen molar-refractivity contribution < 1.29 is 28.6 Å². The average molecular weight is 741 g/mol. The summed E-state index contributed by atoms with van der Waals surface area (Å²) in [4.78, 5) is 37.6. The van der Waals surface area contributed by atoms with Crippen molar-refractivity contribution in [1.82, 2.24) is 0 Å². The maximum Gasteiger partial charge on any atom is 0.306 e. The molecule has 0 aliphatic heterocycles. The van der Waals surface area contributed by atoms with Crippen molar-refractivity contribution in [2.24, 2.45) is 0 Å². The number of allylic oxidation sites excluding steroid dienone is 10. The molecule has 0 rings (SSSR count). The molecular formula is C47H80O6. The van der Waals surface area contributed by atoms with Gasteiger partial charge in [0, 0.05) is 19.3 Å². The van der Waals surface area contributed by atoms with E-state index in [1.165, 1.54) is 57.8 Å². The fraction of sp³-hybridized carbons (Fsp3) is 0.723.